The van der Waals surface area contributed by atoms with Crippen molar-refractivity contribution in [2.45, 2.75) is 4.34 Å². The number of nitrogens with zero attached hydrogens (tertiary/aromatic N) is 2. The molecule has 0 aliphatic rings. The summed E-state index contributed by atoms with van der Waals surface area (Å²) in [5, 5.41) is 6.68. The second-order valence-electron chi connectivity index (χ2n) is 3.11. The van der Waals surface area contributed by atoms with Gasteiger partial charge in [0.05, 0.1) is 5.02 Å². The van der Waals surface area contributed by atoms with Gasteiger partial charge in [-0.2, -0.15) is 8.42 Å². The summed E-state index contributed by atoms with van der Waals surface area (Å²) in [7, 11) is -4.05. The minimum atomic E-state index is -4.05. The van der Waals surface area contributed by atoms with Gasteiger partial charge in [-0.05, 0) is 12.1 Å². The predicted molar refractivity (Wildman–Crippen MR) is 66.5 cm³/mol. The normalized spacial score (nSPS) is 11.4. The maximum absolute atomic E-state index is 13.4. The van der Waals surface area contributed by atoms with Crippen LogP contribution in [0.2, 0.25) is 5.02 Å². The Balaban J connectivity index is 2.40. The molecule has 0 atom stereocenters. The van der Waals surface area contributed by atoms with Crippen molar-refractivity contribution in [1.82, 2.24) is 10.2 Å². The molecule has 0 bridgehead atoms. The fourth-order valence-electron chi connectivity index (χ4n) is 1.10. The average Bonchev–Trinajstić information content (AvgIpc) is 2.71. The Bertz CT molecular complexity index is 668. The van der Waals surface area contributed by atoms with Crippen molar-refractivity contribution >= 4 is 43.8 Å². The van der Waals surface area contributed by atoms with E-state index in [1.165, 1.54) is 12.1 Å². The van der Waals surface area contributed by atoms with Gasteiger partial charge in [0.25, 0.3) is 14.4 Å². The minimum Gasteiger partial charge on any atom is -0.374 e. The minimum absolute atomic E-state index is 0.00462. The third-order valence-electron chi connectivity index (χ3n) is 1.85. The molecule has 3 N–H and O–H groups in total. The molecule has 1 heterocycles. The van der Waals surface area contributed by atoms with E-state index in [1.807, 2.05) is 4.72 Å². The van der Waals surface area contributed by atoms with E-state index in [1.54, 1.807) is 0 Å². The van der Waals surface area contributed by atoms with Gasteiger partial charge < -0.3 is 5.73 Å². The number of hydrogen-bond donors (Lipinski definition) is 2. The molecule has 0 amide bonds. The molecule has 0 saturated heterocycles. The zero-order valence-corrected chi connectivity index (χ0v) is 11.0. The standard InChI is InChI=1S/C8H6ClFN4O2S2/c9-4-2-1-3-5(10)6(4)14-18(15,16)8-13-12-7(11)17-8/h1-3,14H,(H2,11,12). The maximum atomic E-state index is 13.4. The molecule has 0 unspecified atom stereocenters. The SMILES string of the molecule is Nc1nnc(S(=O)(=O)Nc2c(F)cccc2Cl)s1. The lowest BCUT2D eigenvalue weighted by atomic mass is 10.3. The van der Waals surface area contributed by atoms with Crippen molar-refractivity contribution in [3.63, 3.8) is 0 Å². The second kappa shape index (κ2) is 4.67. The van der Waals surface area contributed by atoms with Crippen LogP contribution < -0.4 is 10.5 Å². The molecule has 0 aliphatic carbocycles. The Labute approximate surface area is 111 Å². The highest BCUT2D eigenvalue weighted by Crippen LogP contribution is 2.28. The lowest BCUT2D eigenvalue weighted by molar-refractivity contribution is 0.596. The van der Waals surface area contributed by atoms with E-state index in [4.69, 9.17) is 17.3 Å². The van der Waals surface area contributed by atoms with Gasteiger partial charge in [-0.15, -0.1) is 10.2 Å². The van der Waals surface area contributed by atoms with Crippen LogP contribution in [0.25, 0.3) is 0 Å². The van der Waals surface area contributed by atoms with Crippen LogP contribution in [-0.2, 0) is 10.0 Å². The molecular weight excluding hydrogens is 303 g/mol. The van der Waals surface area contributed by atoms with Crippen LogP contribution in [0.3, 0.4) is 0 Å². The molecule has 0 spiro atoms. The summed E-state index contributed by atoms with van der Waals surface area (Å²) in [6, 6.07) is 3.80. The van der Waals surface area contributed by atoms with Crippen LogP contribution >= 0.6 is 22.9 Å². The predicted octanol–water partition coefficient (Wildman–Crippen LogP) is 1.71. The quantitative estimate of drug-likeness (QED) is 0.899. The summed E-state index contributed by atoms with van der Waals surface area (Å²) < 4.78 is 38.7. The third-order valence-corrected chi connectivity index (χ3v) is 4.64. The van der Waals surface area contributed by atoms with Crippen LogP contribution in [0.15, 0.2) is 22.5 Å². The van der Waals surface area contributed by atoms with E-state index in [2.05, 4.69) is 10.2 Å². The average molecular weight is 309 g/mol. The number of anilines is 2. The first-order valence-corrected chi connectivity index (χ1v) is 7.14. The Kier molecular flexibility index (Phi) is 3.37. The van der Waals surface area contributed by atoms with Crippen LogP contribution in [0.5, 0.6) is 0 Å². The summed E-state index contributed by atoms with van der Waals surface area (Å²) in [6.45, 7) is 0. The first-order valence-electron chi connectivity index (χ1n) is 4.46. The molecule has 0 fully saturated rings. The molecule has 0 radical (unpaired) electrons. The Morgan fingerprint density at radius 2 is 2.11 bits per heavy atom. The number of hydrogen-bond acceptors (Lipinski definition) is 6. The van der Waals surface area contributed by atoms with Crippen molar-refractivity contribution in [3.05, 3.63) is 29.0 Å². The van der Waals surface area contributed by atoms with Gasteiger partial charge in [0.2, 0.25) is 5.13 Å². The smallest absolute Gasteiger partial charge is 0.291 e. The topological polar surface area (TPSA) is 98.0 Å². The number of benzene rings is 1. The third kappa shape index (κ3) is 2.52. The van der Waals surface area contributed by atoms with Gasteiger partial charge >= 0.3 is 0 Å². The first-order chi connectivity index (χ1) is 8.40. The summed E-state index contributed by atoms with van der Waals surface area (Å²) in [6.07, 6.45) is 0. The van der Waals surface area contributed by atoms with E-state index in [0.717, 1.165) is 6.07 Å². The van der Waals surface area contributed by atoms with Gasteiger partial charge in [0.1, 0.15) is 11.5 Å². The largest absolute Gasteiger partial charge is 0.374 e. The number of rotatable bonds is 3. The molecule has 1 aromatic heterocycles. The molecule has 0 aliphatic heterocycles. The summed E-state index contributed by atoms with van der Waals surface area (Å²) in [5.74, 6) is -0.788. The van der Waals surface area contributed by atoms with Crippen LogP contribution in [0, 0.1) is 5.82 Å². The Hall–Kier alpha value is -1.45. The zero-order valence-electron chi connectivity index (χ0n) is 8.59. The van der Waals surface area contributed by atoms with Crippen LogP contribution in [0.4, 0.5) is 15.2 Å². The molecule has 18 heavy (non-hydrogen) atoms. The van der Waals surface area contributed by atoms with E-state index in [0.29, 0.717) is 11.3 Å². The lowest BCUT2D eigenvalue weighted by Gasteiger charge is -2.07. The maximum Gasteiger partial charge on any atom is 0.291 e. The molecule has 0 saturated carbocycles. The van der Waals surface area contributed by atoms with Gasteiger partial charge in [-0.3, -0.25) is 4.72 Å². The number of nitrogens with two attached hydrogens (primary N) is 1. The van der Waals surface area contributed by atoms with Gasteiger partial charge in [-0.1, -0.05) is 29.0 Å². The zero-order chi connectivity index (χ0) is 13.3. The number of nitrogen functional groups attached to an aromatic ring is 1. The van der Waals surface area contributed by atoms with Crippen molar-refractivity contribution in [2.24, 2.45) is 0 Å². The molecular formula is C8H6ClFN4O2S2. The number of para-hydroxylation sites is 1. The van der Waals surface area contributed by atoms with Gasteiger partial charge in [0, 0.05) is 0 Å². The second-order valence-corrected chi connectivity index (χ2v) is 6.38. The van der Waals surface area contributed by atoms with Gasteiger partial charge in [0.15, 0.2) is 0 Å². The van der Waals surface area contributed by atoms with Crippen molar-refractivity contribution in [1.29, 1.82) is 0 Å². The highest BCUT2D eigenvalue weighted by Gasteiger charge is 2.22. The highest BCUT2D eigenvalue weighted by molar-refractivity contribution is 7.94. The highest BCUT2D eigenvalue weighted by atomic mass is 35.5. The summed E-state index contributed by atoms with van der Waals surface area (Å²) in [4.78, 5) is 0. The number of sulfonamides is 1. The molecule has 10 heteroatoms. The van der Waals surface area contributed by atoms with Crippen molar-refractivity contribution in [3.8, 4) is 0 Å². The van der Waals surface area contributed by atoms with E-state index >= 15 is 0 Å². The van der Waals surface area contributed by atoms with E-state index in [9.17, 15) is 12.8 Å². The lowest BCUT2D eigenvalue weighted by Crippen LogP contribution is -2.14. The van der Waals surface area contributed by atoms with Gasteiger partial charge in [-0.25, -0.2) is 4.39 Å². The fraction of sp³-hybridized carbons (Fsp3) is 0. The summed E-state index contributed by atoms with van der Waals surface area (Å²) in [5.41, 5.74) is 4.94. The first kappa shape index (κ1) is 13.0. The molecule has 96 valence electrons. The fourth-order valence-corrected chi connectivity index (χ4v) is 3.24. The van der Waals surface area contributed by atoms with Crippen LogP contribution in [0.1, 0.15) is 0 Å². The molecule has 2 rings (SSSR count). The molecule has 6 nitrogen and oxygen atoms in total. The number of halogens is 2. The van der Waals surface area contributed by atoms with Crippen molar-refractivity contribution < 1.29 is 12.8 Å². The number of nitrogens with one attached hydrogen (secondary N) is 1. The molecule has 1 aromatic carbocycles. The van der Waals surface area contributed by atoms with Crippen LogP contribution in [-0.4, -0.2) is 18.6 Å². The Morgan fingerprint density at radius 3 is 2.67 bits per heavy atom. The molecule has 2 aromatic rings. The Morgan fingerprint density at radius 1 is 1.39 bits per heavy atom. The number of aromatic nitrogens is 2. The van der Waals surface area contributed by atoms with E-state index < -0.39 is 15.8 Å². The van der Waals surface area contributed by atoms with Crippen molar-refractivity contribution in [2.75, 3.05) is 10.5 Å². The monoisotopic (exact) mass is 308 g/mol. The van der Waals surface area contributed by atoms with E-state index in [-0.39, 0.29) is 20.2 Å². The summed E-state index contributed by atoms with van der Waals surface area (Å²) >= 11 is 6.37.